The van der Waals surface area contributed by atoms with Gasteiger partial charge in [0.05, 0.1) is 6.61 Å². The van der Waals surface area contributed by atoms with Gasteiger partial charge >= 0.3 is 0 Å². The molecule has 0 aromatic heterocycles. The molecule has 15 heavy (non-hydrogen) atoms. The summed E-state index contributed by atoms with van der Waals surface area (Å²) in [6.45, 7) is 8.35. The van der Waals surface area contributed by atoms with Crippen LogP contribution in [0.2, 0.25) is 0 Å². The van der Waals surface area contributed by atoms with E-state index in [2.05, 4.69) is 31.1 Å². The van der Waals surface area contributed by atoms with Crippen LogP contribution >= 0.6 is 0 Å². The van der Waals surface area contributed by atoms with Gasteiger partial charge in [0.25, 0.3) is 0 Å². The molecule has 0 amide bonds. The predicted octanol–water partition coefficient (Wildman–Crippen LogP) is 1.49. The molecular formula is C12H26N2O. The Kier molecular flexibility index (Phi) is 6.22. The van der Waals surface area contributed by atoms with E-state index in [1.54, 1.807) is 0 Å². The number of rotatable bonds is 5. The molecule has 1 aliphatic heterocycles. The van der Waals surface area contributed by atoms with Crippen LogP contribution in [0.1, 0.15) is 33.1 Å². The number of nitrogens with one attached hydrogen (secondary N) is 1. The number of ether oxygens (including phenoxy) is 1. The third-order valence-electron chi connectivity index (χ3n) is 3.38. The highest BCUT2D eigenvalue weighted by atomic mass is 16.5. The second-order valence-electron chi connectivity index (χ2n) is 4.51. The lowest BCUT2D eigenvalue weighted by Crippen LogP contribution is -2.41. The number of nitrogens with zero attached hydrogens (tertiary/aromatic N) is 1. The smallest absolute Gasteiger partial charge is 0.0618 e. The SMILES string of the molecule is CCOCC(C)N(C)C1CCCNCC1. The summed E-state index contributed by atoms with van der Waals surface area (Å²) in [6.07, 6.45) is 3.89. The summed E-state index contributed by atoms with van der Waals surface area (Å²) >= 11 is 0. The van der Waals surface area contributed by atoms with Gasteiger partial charge in [-0.2, -0.15) is 0 Å². The first-order chi connectivity index (χ1) is 7.25. The molecular weight excluding hydrogens is 188 g/mol. The topological polar surface area (TPSA) is 24.5 Å². The van der Waals surface area contributed by atoms with E-state index in [0.29, 0.717) is 6.04 Å². The molecule has 2 atom stereocenters. The van der Waals surface area contributed by atoms with Crippen molar-refractivity contribution in [2.75, 3.05) is 33.4 Å². The van der Waals surface area contributed by atoms with Crippen molar-refractivity contribution in [2.24, 2.45) is 0 Å². The molecule has 0 aromatic carbocycles. The molecule has 0 saturated carbocycles. The average molecular weight is 214 g/mol. The van der Waals surface area contributed by atoms with Crippen molar-refractivity contribution in [3.63, 3.8) is 0 Å². The van der Waals surface area contributed by atoms with Gasteiger partial charge in [-0.05, 0) is 53.2 Å². The first kappa shape index (κ1) is 12.9. The van der Waals surface area contributed by atoms with Crippen molar-refractivity contribution in [3.8, 4) is 0 Å². The van der Waals surface area contributed by atoms with Crippen molar-refractivity contribution in [2.45, 2.75) is 45.2 Å². The summed E-state index contributed by atoms with van der Waals surface area (Å²) in [7, 11) is 2.24. The van der Waals surface area contributed by atoms with Gasteiger partial charge in [-0.1, -0.05) is 0 Å². The Bertz CT molecular complexity index is 156. The largest absolute Gasteiger partial charge is 0.380 e. The molecule has 0 spiro atoms. The van der Waals surface area contributed by atoms with Gasteiger partial charge in [-0.15, -0.1) is 0 Å². The van der Waals surface area contributed by atoms with Crippen molar-refractivity contribution < 1.29 is 4.74 Å². The second kappa shape index (κ2) is 7.20. The lowest BCUT2D eigenvalue weighted by atomic mass is 10.1. The summed E-state index contributed by atoms with van der Waals surface area (Å²) in [5, 5.41) is 3.46. The van der Waals surface area contributed by atoms with Gasteiger partial charge in [0, 0.05) is 18.7 Å². The van der Waals surface area contributed by atoms with Crippen LogP contribution in [0.5, 0.6) is 0 Å². The minimum Gasteiger partial charge on any atom is -0.380 e. The highest BCUT2D eigenvalue weighted by molar-refractivity contribution is 4.77. The first-order valence-electron chi connectivity index (χ1n) is 6.26. The van der Waals surface area contributed by atoms with E-state index >= 15 is 0 Å². The van der Waals surface area contributed by atoms with Gasteiger partial charge in [-0.3, -0.25) is 4.90 Å². The minimum atomic E-state index is 0.535. The molecule has 1 heterocycles. The Balaban J connectivity index is 2.32. The van der Waals surface area contributed by atoms with E-state index < -0.39 is 0 Å². The van der Waals surface area contributed by atoms with Gasteiger partial charge < -0.3 is 10.1 Å². The van der Waals surface area contributed by atoms with Crippen LogP contribution in [0.25, 0.3) is 0 Å². The molecule has 1 saturated heterocycles. The fourth-order valence-corrected chi connectivity index (χ4v) is 2.17. The van der Waals surface area contributed by atoms with Crippen molar-refractivity contribution in [1.82, 2.24) is 10.2 Å². The molecule has 0 aliphatic carbocycles. The summed E-state index contributed by atoms with van der Waals surface area (Å²) in [6, 6.07) is 1.27. The summed E-state index contributed by atoms with van der Waals surface area (Å²) in [5.41, 5.74) is 0. The Hall–Kier alpha value is -0.120. The van der Waals surface area contributed by atoms with E-state index in [1.807, 2.05) is 0 Å². The third kappa shape index (κ3) is 4.49. The molecule has 90 valence electrons. The molecule has 1 fully saturated rings. The van der Waals surface area contributed by atoms with Crippen LogP contribution in [0.4, 0.5) is 0 Å². The van der Waals surface area contributed by atoms with Crippen LogP contribution in [-0.2, 0) is 4.74 Å². The van der Waals surface area contributed by atoms with Crippen molar-refractivity contribution in [1.29, 1.82) is 0 Å². The molecule has 1 rings (SSSR count). The maximum absolute atomic E-state index is 5.48. The Morgan fingerprint density at radius 2 is 2.20 bits per heavy atom. The molecule has 3 heteroatoms. The molecule has 0 radical (unpaired) electrons. The van der Waals surface area contributed by atoms with Gasteiger partial charge in [0.2, 0.25) is 0 Å². The lowest BCUT2D eigenvalue weighted by Gasteiger charge is -2.32. The van der Waals surface area contributed by atoms with E-state index in [4.69, 9.17) is 4.74 Å². The van der Waals surface area contributed by atoms with E-state index in [0.717, 1.165) is 25.8 Å². The van der Waals surface area contributed by atoms with Crippen molar-refractivity contribution in [3.05, 3.63) is 0 Å². The van der Waals surface area contributed by atoms with E-state index in [-0.39, 0.29) is 0 Å². The normalized spacial score (nSPS) is 25.2. The molecule has 0 aromatic rings. The average Bonchev–Trinajstić information content (AvgIpc) is 2.53. The Morgan fingerprint density at radius 3 is 2.93 bits per heavy atom. The summed E-state index contributed by atoms with van der Waals surface area (Å²) < 4.78 is 5.48. The van der Waals surface area contributed by atoms with Gasteiger partial charge in [0.1, 0.15) is 0 Å². The van der Waals surface area contributed by atoms with Crippen LogP contribution < -0.4 is 5.32 Å². The first-order valence-corrected chi connectivity index (χ1v) is 6.26. The van der Waals surface area contributed by atoms with Crippen LogP contribution in [0, 0.1) is 0 Å². The molecule has 1 aliphatic rings. The highest BCUT2D eigenvalue weighted by Gasteiger charge is 2.20. The number of likely N-dealkylation sites (N-methyl/N-ethyl adjacent to an activating group) is 1. The van der Waals surface area contributed by atoms with Gasteiger partial charge in [-0.25, -0.2) is 0 Å². The monoisotopic (exact) mass is 214 g/mol. The standard InChI is InChI=1S/C12H26N2O/c1-4-15-10-11(2)14(3)12-6-5-8-13-9-7-12/h11-13H,4-10H2,1-3H3. The van der Waals surface area contributed by atoms with E-state index in [9.17, 15) is 0 Å². The summed E-state index contributed by atoms with van der Waals surface area (Å²) in [5.74, 6) is 0. The van der Waals surface area contributed by atoms with Crippen LogP contribution in [-0.4, -0.2) is 50.3 Å². The number of hydrogen-bond acceptors (Lipinski definition) is 3. The summed E-state index contributed by atoms with van der Waals surface area (Å²) in [4.78, 5) is 2.49. The fraction of sp³-hybridized carbons (Fsp3) is 1.00. The van der Waals surface area contributed by atoms with Gasteiger partial charge in [0.15, 0.2) is 0 Å². The third-order valence-corrected chi connectivity index (χ3v) is 3.38. The molecule has 3 nitrogen and oxygen atoms in total. The maximum Gasteiger partial charge on any atom is 0.0618 e. The Labute approximate surface area is 94.2 Å². The maximum atomic E-state index is 5.48. The van der Waals surface area contributed by atoms with Crippen LogP contribution in [0.15, 0.2) is 0 Å². The second-order valence-corrected chi connectivity index (χ2v) is 4.51. The predicted molar refractivity (Wildman–Crippen MR) is 64.2 cm³/mol. The molecule has 1 N–H and O–H groups in total. The quantitative estimate of drug-likeness (QED) is 0.750. The molecule has 0 bridgehead atoms. The molecule has 2 unspecified atom stereocenters. The van der Waals surface area contributed by atoms with E-state index in [1.165, 1.54) is 25.8 Å². The minimum absolute atomic E-state index is 0.535. The number of hydrogen-bond donors (Lipinski definition) is 1. The van der Waals surface area contributed by atoms with Crippen molar-refractivity contribution >= 4 is 0 Å². The highest BCUT2D eigenvalue weighted by Crippen LogP contribution is 2.14. The zero-order chi connectivity index (χ0) is 11.1. The lowest BCUT2D eigenvalue weighted by molar-refractivity contribution is 0.0628. The van der Waals surface area contributed by atoms with Crippen LogP contribution in [0.3, 0.4) is 0 Å². The Morgan fingerprint density at radius 1 is 1.40 bits per heavy atom. The zero-order valence-electron chi connectivity index (χ0n) is 10.5. The fourth-order valence-electron chi connectivity index (χ4n) is 2.17. The zero-order valence-corrected chi connectivity index (χ0v) is 10.5.